The largest absolute Gasteiger partial charge is 0.356 e. The average Bonchev–Trinajstić information content (AvgIpc) is 3.31. The van der Waals surface area contributed by atoms with Gasteiger partial charge in [0.15, 0.2) is 5.96 Å². The van der Waals surface area contributed by atoms with Gasteiger partial charge in [0, 0.05) is 20.1 Å². The Kier molecular flexibility index (Phi) is 4.42. The first-order valence-electron chi connectivity index (χ1n) is 9.18. The average molecular weight is 338 g/mol. The van der Waals surface area contributed by atoms with Crippen molar-refractivity contribution in [3.63, 3.8) is 0 Å². The molecule has 0 radical (unpaired) electrons. The topological polar surface area (TPSA) is 67.1 Å². The third kappa shape index (κ3) is 3.52. The van der Waals surface area contributed by atoms with Gasteiger partial charge in [-0.3, -0.25) is 4.99 Å². The van der Waals surface area contributed by atoms with Crippen molar-refractivity contribution in [1.29, 1.82) is 0 Å². The molecule has 2 aromatic rings. The number of aliphatic imine (C=N–C) groups is 1. The van der Waals surface area contributed by atoms with Crippen LogP contribution in [0.2, 0.25) is 0 Å². The van der Waals surface area contributed by atoms with Gasteiger partial charge < -0.3 is 10.6 Å². The van der Waals surface area contributed by atoms with Gasteiger partial charge in [0.25, 0.3) is 0 Å². The molecular weight excluding hydrogens is 312 g/mol. The zero-order valence-electron chi connectivity index (χ0n) is 14.9. The van der Waals surface area contributed by atoms with Crippen LogP contribution in [0.4, 0.5) is 0 Å². The van der Waals surface area contributed by atoms with Gasteiger partial charge in [-0.1, -0.05) is 30.3 Å². The zero-order valence-corrected chi connectivity index (χ0v) is 14.9. The van der Waals surface area contributed by atoms with Crippen LogP contribution in [0.25, 0.3) is 0 Å². The first-order valence-corrected chi connectivity index (χ1v) is 9.18. The quantitative estimate of drug-likeness (QED) is 0.663. The second-order valence-electron chi connectivity index (χ2n) is 7.05. The molecule has 3 atom stereocenters. The SMILES string of the molecule is CN=C(NCC1CC1c1ccccc1)NC1CCCn2nc(C)nc21. The summed E-state index contributed by atoms with van der Waals surface area (Å²) in [5.41, 5.74) is 1.45. The Morgan fingerprint density at radius 2 is 2.16 bits per heavy atom. The number of nitrogens with zero attached hydrogens (tertiary/aromatic N) is 4. The molecule has 0 bridgehead atoms. The highest BCUT2D eigenvalue weighted by Crippen LogP contribution is 2.46. The number of rotatable bonds is 4. The van der Waals surface area contributed by atoms with E-state index >= 15 is 0 Å². The van der Waals surface area contributed by atoms with E-state index in [0.717, 1.165) is 43.5 Å². The maximum Gasteiger partial charge on any atom is 0.191 e. The molecule has 1 saturated carbocycles. The van der Waals surface area contributed by atoms with Crippen LogP contribution in [-0.4, -0.2) is 34.3 Å². The third-order valence-electron chi connectivity index (χ3n) is 5.20. The lowest BCUT2D eigenvalue weighted by molar-refractivity contribution is 0.397. The first-order chi connectivity index (χ1) is 12.2. The van der Waals surface area contributed by atoms with Gasteiger partial charge in [0.05, 0.1) is 6.04 Å². The number of aryl methyl sites for hydroxylation is 2. The lowest BCUT2D eigenvalue weighted by Gasteiger charge is -2.25. The number of benzene rings is 1. The van der Waals surface area contributed by atoms with Crippen molar-refractivity contribution in [1.82, 2.24) is 25.4 Å². The van der Waals surface area contributed by atoms with Crippen LogP contribution in [0.1, 0.15) is 48.4 Å². The minimum Gasteiger partial charge on any atom is -0.356 e. The summed E-state index contributed by atoms with van der Waals surface area (Å²) in [7, 11) is 1.83. The van der Waals surface area contributed by atoms with Crippen molar-refractivity contribution < 1.29 is 0 Å². The fourth-order valence-corrected chi connectivity index (χ4v) is 3.77. The van der Waals surface area contributed by atoms with Crippen LogP contribution in [-0.2, 0) is 6.54 Å². The van der Waals surface area contributed by atoms with Gasteiger partial charge in [-0.15, -0.1) is 0 Å². The van der Waals surface area contributed by atoms with E-state index in [4.69, 9.17) is 0 Å². The van der Waals surface area contributed by atoms with E-state index in [1.807, 2.05) is 18.7 Å². The third-order valence-corrected chi connectivity index (χ3v) is 5.20. The molecule has 1 aromatic carbocycles. The van der Waals surface area contributed by atoms with Gasteiger partial charge >= 0.3 is 0 Å². The fourth-order valence-electron chi connectivity index (χ4n) is 3.77. The summed E-state index contributed by atoms with van der Waals surface area (Å²) in [5.74, 6) is 4.11. The van der Waals surface area contributed by atoms with Gasteiger partial charge in [-0.05, 0) is 43.6 Å². The first kappa shape index (κ1) is 16.1. The van der Waals surface area contributed by atoms with E-state index in [1.165, 1.54) is 12.0 Å². The molecule has 0 amide bonds. The predicted molar refractivity (Wildman–Crippen MR) is 98.5 cm³/mol. The number of hydrogen-bond donors (Lipinski definition) is 2. The molecule has 6 heteroatoms. The monoisotopic (exact) mass is 338 g/mol. The molecule has 0 spiro atoms. The van der Waals surface area contributed by atoms with Crippen molar-refractivity contribution in [2.24, 2.45) is 10.9 Å². The Hall–Kier alpha value is -2.37. The summed E-state index contributed by atoms with van der Waals surface area (Å²) >= 11 is 0. The highest BCUT2D eigenvalue weighted by molar-refractivity contribution is 5.80. The summed E-state index contributed by atoms with van der Waals surface area (Å²) in [6.45, 7) is 3.87. The summed E-state index contributed by atoms with van der Waals surface area (Å²) in [4.78, 5) is 8.98. The lowest BCUT2D eigenvalue weighted by atomic mass is 10.1. The van der Waals surface area contributed by atoms with E-state index in [2.05, 4.69) is 56.0 Å². The Labute approximate surface area is 148 Å². The minimum absolute atomic E-state index is 0.185. The molecular formula is C19H26N6. The summed E-state index contributed by atoms with van der Waals surface area (Å²) in [5, 5.41) is 11.5. The molecule has 2 aliphatic rings. The van der Waals surface area contributed by atoms with Crippen LogP contribution in [0, 0.1) is 12.8 Å². The van der Waals surface area contributed by atoms with E-state index in [-0.39, 0.29) is 6.04 Å². The number of nitrogens with one attached hydrogen (secondary N) is 2. The van der Waals surface area contributed by atoms with Crippen LogP contribution in [0.3, 0.4) is 0 Å². The number of hydrogen-bond acceptors (Lipinski definition) is 3. The van der Waals surface area contributed by atoms with Crippen LogP contribution in [0.15, 0.2) is 35.3 Å². The molecule has 1 aliphatic heterocycles. The number of aromatic nitrogens is 3. The van der Waals surface area contributed by atoms with Crippen molar-refractivity contribution in [3.8, 4) is 0 Å². The number of fused-ring (bicyclic) bond motifs is 1. The summed E-state index contributed by atoms with van der Waals surface area (Å²) in [6, 6.07) is 11.0. The van der Waals surface area contributed by atoms with E-state index < -0.39 is 0 Å². The van der Waals surface area contributed by atoms with Gasteiger partial charge in [0.1, 0.15) is 11.6 Å². The van der Waals surface area contributed by atoms with Gasteiger partial charge in [0.2, 0.25) is 0 Å². The normalized spacial score (nSPS) is 25.4. The molecule has 25 heavy (non-hydrogen) atoms. The number of guanidine groups is 1. The standard InChI is InChI=1S/C19H26N6/c1-13-22-18-17(9-6-10-25(18)24-13)23-19(20-2)21-12-15-11-16(15)14-7-4-3-5-8-14/h3-5,7-8,15-17H,6,9-12H2,1-2H3,(H2,20,21,23). The molecule has 1 aliphatic carbocycles. The van der Waals surface area contributed by atoms with E-state index in [9.17, 15) is 0 Å². The van der Waals surface area contributed by atoms with Crippen molar-refractivity contribution >= 4 is 5.96 Å². The Balaban J connectivity index is 1.32. The molecule has 0 saturated heterocycles. The fraction of sp³-hybridized carbons (Fsp3) is 0.526. The Morgan fingerprint density at radius 1 is 1.32 bits per heavy atom. The van der Waals surface area contributed by atoms with Crippen molar-refractivity contribution in [3.05, 3.63) is 47.5 Å². The van der Waals surface area contributed by atoms with Gasteiger partial charge in [-0.25, -0.2) is 9.67 Å². The van der Waals surface area contributed by atoms with Crippen molar-refractivity contribution in [2.45, 2.75) is 44.7 Å². The predicted octanol–water partition coefficient (Wildman–Crippen LogP) is 2.39. The van der Waals surface area contributed by atoms with Gasteiger partial charge in [-0.2, -0.15) is 5.10 Å². The molecule has 1 fully saturated rings. The molecule has 2 heterocycles. The molecule has 1 aromatic heterocycles. The molecule has 2 N–H and O–H groups in total. The highest BCUT2D eigenvalue weighted by atomic mass is 15.4. The Bertz CT molecular complexity index is 751. The maximum absolute atomic E-state index is 4.59. The lowest BCUT2D eigenvalue weighted by Crippen LogP contribution is -2.42. The van der Waals surface area contributed by atoms with E-state index in [0.29, 0.717) is 11.8 Å². The summed E-state index contributed by atoms with van der Waals surface area (Å²) < 4.78 is 2.02. The second-order valence-corrected chi connectivity index (χ2v) is 7.05. The minimum atomic E-state index is 0.185. The smallest absolute Gasteiger partial charge is 0.191 e. The van der Waals surface area contributed by atoms with Crippen LogP contribution < -0.4 is 10.6 Å². The Morgan fingerprint density at radius 3 is 2.96 bits per heavy atom. The zero-order chi connectivity index (χ0) is 17.2. The highest BCUT2D eigenvalue weighted by Gasteiger charge is 2.38. The van der Waals surface area contributed by atoms with Crippen LogP contribution in [0.5, 0.6) is 0 Å². The maximum atomic E-state index is 4.59. The molecule has 3 unspecified atom stereocenters. The second kappa shape index (κ2) is 6.86. The van der Waals surface area contributed by atoms with Crippen LogP contribution >= 0.6 is 0 Å². The molecule has 4 rings (SSSR count). The van der Waals surface area contributed by atoms with Crippen molar-refractivity contribution in [2.75, 3.05) is 13.6 Å². The summed E-state index contributed by atoms with van der Waals surface area (Å²) in [6.07, 6.45) is 3.43. The van der Waals surface area contributed by atoms with E-state index in [1.54, 1.807) is 0 Å². The molecule has 132 valence electrons. The molecule has 6 nitrogen and oxygen atoms in total.